The molecule has 7 heteroatoms. The van der Waals surface area contributed by atoms with Crippen LogP contribution in [0.5, 0.6) is 0 Å². The number of nitrogens with one attached hydrogen (secondary N) is 2. The van der Waals surface area contributed by atoms with Crippen LogP contribution in [0.3, 0.4) is 0 Å². The van der Waals surface area contributed by atoms with Gasteiger partial charge < -0.3 is 5.43 Å². The van der Waals surface area contributed by atoms with Gasteiger partial charge in [0.2, 0.25) is 0 Å². The monoisotopic (exact) mass is 341 g/mol. The molecule has 0 aliphatic carbocycles. The maximum Gasteiger partial charge on any atom is 0.264 e. The van der Waals surface area contributed by atoms with Crippen molar-refractivity contribution in [2.24, 2.45) is 5.84 Å². The molecular weight excluding hydrogens is 330 g/mol. The molecule has 0 fully saturated rings. The topological polar surface area (TPSA) is 84.2 Å². The first-order chi connectivity index (χ1) is 9.04. The van der Waals surface area contributed by atoms with Crippen molar-refractivity contribution in [1.82, 2.24) is 0 Å². The molecule has 19 heavy (non-hydrogen) atoms. The van der Waals surface area contributed by atoms with Crippen molar-refractivity contribution < 1.29 is 8.42 Å². The third kappa shape index (κ3) is 3.06. The number of hydrogen-bond donors (Lipinski definition) is 3. The Morgan fingerprint density at radius 3 is 2.16 bits per heavy atom. The van der Waals surface area contributed by atoms with E-state index in [0.29, 0.717) is 15.8 Å². The highest BCUT2D eigenvalue weighted by molar-refractivity contribution is 9.10. The van der Waals surface area contributed by atoms with Crippen molar-refractivity contribution in [3.63, 3.8) is 0 Å². The minimum absolute atomic E-state index is 0.0910. The molecule has 0 aromatic heterocycles. The average Bonchev–Trinajstić information content (AvgIpc) is 2.41. The first-order valence-corrected chi connectivity index (χ1v) is 7.65. The van der Waals surface area contributed by atoms with E-state index in [-0.39, 0.29) is 4.90 Å². The minimum Gasteiger partial charge on any atom is -0.323 e. The molecule has 4 N–H and O–H groups in total. The first kappa shape index (κ1) is 13.9. The van der Waals surface area contributed by atoms with Gasteiger partial charge >= 0.3 is 0 Å². The molecule has 0 aliphatic rings. The number of nitrogen functional groups attached to an aromatic ring is 1. The Morgan fingerprint density at radius 2 is 1.53 bits per heavy atom. The zero-order chi connectivity index (χ0) is 13.9. The van der Waals surface area contributed by atoms with Gasteiger partial charge in [0.25, 0.3) is 10.0 Å². The summed E-state index contributed by atoms with van der Waals surface area (Å²) < 4.78 is 27.8. The number of rotatable bonds is 4. The molecule has 0 unspecified atom stereocenters. The lowest BCUT2D eigenvalue weighted by Gasteiger charge is -2.12. The molecule has 2 aromatic rings. The van der Waals surface area contributed by atoms with Crippen LogP contribution < -0.4 is 16.0 Å². The van der Waals surface area contributed by atoms with Crippen LogP contribution in [0.1, 0.15) is 0 Å². The molecule has 0 spiro atoms. The van der Waals surface area contributed by atoms with E-state index in [2.05, 4.69) is 26.1 Å². The van der Waals surface area contributed by atoms with E-state index in [4.69, 9.17) is 5.84 Å². The van der Waals surface area contributed by atoms with Gasteiger partial charge in [-0.3, -0.25) is 10.6 Å². The zero-order valence-electron chi connectivity index (χ0n) is 9.80. The second kappa shape index (κ2) is 5.60. The number of halogens is 1. The number of nitrogens with two attached hydrogens (primary N) is 1. The summed E-state index contributed by atoms with van der Waals surface area (Å²) in [6.07, 6.45) is 0. The normalized spacial score (nSPS) is 11.1. The fraction of sp³-hybridized carbons (Fsp3) is 0. The molecule has 5 nitrogen and oxygen atoms in total. The lowest BCUT2D eigenvalue weighted by atomic mass is 10.3. The molecule has 0 amide bonds. The van der Waals surface area contributed by atoms with E-state index in [9.17, 15) is 8.42 Å². The smallest absolute Gasteiger partial charge is 0.264 e. The minimum atomic E-state index is -3.70. The summed E-state index contributed by atoms with van der Waals surface area (Å²) in [6, 6.07) is 13.4. The third-order valence-electron chi connectivity index (χ3n) is 2.45. The number of hydrogen-bond acceptors (Lipinski definition) is 4. The van der Waals surface area contributed by atoms with Gasteiger partial charge in [-0.2, -0.15) is 0 Å². The molecule has 0 bridgehead atoms. The van der Waals surface area contributed by atoms with Gasteiger partial charge in [0.1, 0.15) is 4.90 Å². The van der Waals surface area contributed by atoms with Crippen LogP contribution in [0, 0.1) is 0 Å². The Labute approximate surface area is 120 Å². The Balaban J connectivity index is 2.41. The number of anilines is 2. The first-order valence-electron chi connectivity index (χ1n) is 5.37. The van der Waals surface area contributed by atoms with Crippen LogP contribution in [-0.2, 0) is 10.0 Å². The summed E-state index contributed by atoms with van der Waals surface area (Å²) in [4.78, 5) is 0.0910. The summed E-state index contributed by atoms with van der Waals surface area (Å²) in [5.41, 5.74) is 3.17. The molecule has 100 valence electrons. The van der Waals surface area contributed by atoms with E-state index < -0.39 is 10.0 Å². The molecule has 0 radical (unpaired) electrons. The summed E-state index contributed by atoms with van der Waals surface area (Å²) in [7, 11) is -3.70. The highest BCUT2D eigenvalue weighted by Crippen LogP contribution is 2.27. The van der Waals surface area contributed by atoms with Crippen molar-refractivity contribution in [2.45, 2.75) is 4.90 Å². The predicted octanol–water partition coefficient (Wildman–Crippen LogP) is 2.54. The van der Waals surface area contributed by atoms with Crippen molar-refractivity contribution in [1.29, 1.82) is 0 Å². The summed E-state index contributed by atoms with van der Waals surface area (Å²) in [6.45, 7) is 0. The molecule has 0 saturated carbocycles. The molecule has 0 heterocycles. The largest absolute Gasteiger partial charge is 0.323 e. The predicted molar refractivity (Wildman–Crippen MR) is 79.2 cm³/mol. The fourth-order valence-corrected chi connectivity index (χ4v) is 3.33. The van der Waals surface area contributed by atoms with Crippen LogP contribution in [-0.4, -0.2) is 8.42 Å². The summed E-state index contributed by atoms with van der Waals surface area (Å²) in [5.74, 6) is 5.32. The van der Waals surface area contributed by atoms with Crippen LogP contribution in [0.25, 0.3) is 0 Å². The van der Waals surface area contributed by atoms with Crippen LogP contribution in [0.2, 0.25) is 0 Å². The Hall–Kier alpha value is -1.57. The third-order valence-corrected chi connectivity index (χ3v) is 4.57. The molecular formula is C12H12BrN3O2S. The molecule has 0 aliphatic heterocycles. The lowest BCUT2D eigenvalue weighted by Crippen LogP contribution is -2.17. The maximum absolute atomic E-state index is 12.3. The number of benzene rings is 2. The van der Waals surface area contributed by atoms with Crippen LogP contribution in [0.15, 0.2) is 57.9 Å². The van der Waals surface area contributed by atoms with Gasteiger partial charge in [0.15, 0.2) is 0 Å². The van der Waals surface area contributed by atoms with Gasteiger partial charge in [-0.1, -0.05) is 24.3 Å². The zero-order valence-corrected chi connectivity index (χ0v) is 12.2. The van der Waals surface area contributed by atoms with Gasteiger partial charge in [0.05, 0.1) is 11.4 Å². The van der Waals surface area contributed by atoms with Gasteiger partial charge in [-0.25, -0.2) is 8.42 Å². The van der Waals surface area contributed by atoms with Crippen molar-refractivity contribution in [3.05, 3.63) is 53.0 Å². The van der Waals surface area contributed by atoms with E-state index in [1.54, 1.807) is 42.5 Å². The van der Waals surface area contributed by atoms with Gasteiger partial charge in [-0.15, -0.1) is 0 Å². The van der Waals surface area contributed by atoms with E-state index in [0.717, 1.165) is 0 Å². The highest BCUT2D eigenvalue weighted by Gasteiger charge is 2.18. The van der Waals surface area contributed by atoms with E-state index >= 15 is 0 Å². The Kier molecular flexibility index (Phi) is 4.08. The maximum atomic E-state index is 12.3. The second-order valence-electron chi connectivity index (χ2n) is 3.73. The molecule has 0 saturated heterocycles. The second-order valence-corrected chi connectivity index (χ2v) is 6.23. The highest BCUT2D eigenvalue weighted by atomic mass is 79.9. The van der Waals surface area contributed by atoms with Crippen LogP contribution >= 0.6 is 15.9 Å². The SMILES string of the molecule is NNc1ccccc1S(=O)(=O)Nc1ccccc1Br. The van der Waals surface area contributed by atoms with Crippen LogP contribution in [0.4, 0.5) is 11.4 Å². The standard InChI is InChI=1S/C12H12BrN3O2S/c13-9-5-1-2-6-10(9)16-19(17,18)12-8-4-3-7-11(12)15-14/h1-8,15-16H,14H2. The molecule has 2 aromatic carbocycles. The average molecular weight is 342 g/mol. The molecule has 2 rings (SSSR count). The summed E-state index contributed by atoms with van der Waals surface area (Å²) in [5, 5.41) is 0. The number of para-hydroxylation sites is 2. The summed E-state index contributed by atoms with van der Waals surface area (Å²) >= 11 is 3.29. The molecule has 0 atom stereocenters. The van der Waals surface area contributed by atoms with Crippen molar-refractivity contribution in [2.75, 3.05) is 10.1 Å². The van der Waals surface area contributed by atoms with Crippen molar-refractivity contribution in [3.8, 4) is 0 Å². The van der Waals surface area contributed by atoms with Crippen molar-refractivity contribution >= 4 is 37.3 Å². The quantitative estimate of drug-likeness (QED) is 0.589. The van der Waals surface area contributed by atoms with E-state index in [1.165, 1.54) is 6.07 Å². The number of hydrazine groups is 1. The van der Waals surface area contributed by atoms with E-state index in [1.807, 2.05) is 0 Å². The van der Waals surface area contributed by atoms with Gasteiger partial charge in [-0.05, 0) is 40.2 Å². The van der Waals surface area contributed by atoms with Gasteiger partial charge in [0, 0.05) is 4.47 Å². The fourth-order valence-electron chi connectivity index (χ4n) is 1.56. The Morgan fingerprint density at radius 1 is 0.947 bits per heavy atom. The lowest BCUT2D eigenvalue weighted by molar-refractivity contribution is 0.601. The Bertz CT molecular complexity index is 689. The number of sulfonamides is 1.